The number of carbonyl (C=O) groups excluding carboxylic acids is 1. The van der Waals surface area contributed by atoms with Gasteiger partial charge in [0.15, 0.2) is 0 Å². The Morgan fingerprint density at radius 3 is 2.37 bits per heavy atom. The average molecular weight is 387 g/mol. The monoisotopic (exact) mass is 387 g/mol. The maximum absolute atomic E-state index is 13.0. The number of halogens is 3. The molecule has 6 heteroatoms. The number of benzene rings is 3. The highest BCUT2D eigenvalue weighted by Gasteiger charge is 2.33. The molecule has 4 rings (SSSR count). The summed E-state index contributed by atoms with van der Waals surface area (Å²) in [6.45, 7) is 0.571. The van der Waals surface area contributed by atoms with E-state index in [9.17, 15) is 18.0 Å². The molecule has 1 fully saturated rings. The topological polar surface area (TPSA) is 20.3 Å². The van der Waals surface area contributed by atoms with Crippen LogP contribution in [0.5, 0.6) is 0 Å². The van der Waals surface area contributed by atoms with E-state index in [-0.39, 0.29) is 11.3 Å². The molecular weight excluding hydrogens is 371 g/mol. The SMILES string of the molecule is O=C(c1ccc2ccccc2c1)N1CCS[C@H]1c1ccc(C(F)(F)F)cc1. The van der Waals surface area contributed by atoms with Crippen LogP contribution in [-0.4, -0.2) is 23.1 Å². The summed E-state index contributed by atoms with van der Waals surface area (Å²) in [5, 5.41) is 1.77. The van der Waals surface area contributed by atoms with Crippen LogP contribution in [0.2, 0.25) is 0 Å². The first kappa shape index (κ1) is 17.9. The molecule has 1 atom stereocenters. The summed E-state index contributed by atoms with van der Waals surface area (Å²) >= 11 is 1.57. The fourth-order valence-corrected chi connectivity index (χ4v) is 4.54. The van der Waals surface area contributed by atoms with Crippen LogP contribution in [0, 0.1) is 0 Å². The van der Waals surface area contributed by atoms with Crippen molar-refractivity contribution in [2.45, 2.75) is 11.6 Å². The number of fused-ring (bicyclic) bond motifs is 1. The molecule has 1 amide bonds. The van der Waals surface area contributed by atoms with Crippen molar-refractivity contribution in [1.29, 1.82) is 0 Å². The van der Waals surface area contributed by atoms with Crippen molar-refractivity contribution >= 4 is 28.4 Å². The minimum absolute atomic E-state index is 0.101. The van der Waals surface area contributed by atoms with E-state index in [2.05, 4.69) is 0 Å². The molecular formula is C21H16F3NOS. The molecule has 138 valence electrons. The van der Waals surface area contributed by atoms with Gasteiger partial charge in [0, 0.05) is 17.9 Å². The third-order valence-electron chi connectivity index (χ3n) is 4.67. The van der Waals surface area contributed by atoms with Crippen LogP contribution >= 0.6 is 11.8 Å². The van der Waals surface area contributed by atoms with Gasteiger partial charge in [-0.05, 0) is 40.6 Å². The van der Waals surface area contributed by atoms with Gasteiger partial charge in [0.2, 0.25) is 0 Å². The summed E-state index contributed by atoms with van der Waals surface area (Å²) in [5.41, 5.74) is 0.620. The Kier molecular flexibility index (Phi) is 4.60. The van der Waals surface area contributed by atoms with E-state index in [0.717, 1.165) is 28.7 Å². The first-order valence-corrected chi connectivity index (χ1v) is 9.57. The summed E-state index contributed by atoms with van der Waals surface area (Å²) < 4.78 is 38.3. The van der Waals surface area contributed by atoms with E-state index in [1.807, 2.05) is 36.4 Å². The normalized spacial score (nSPS) is 17.4. The second-order valence-electron chi connectivity index (χ2n) is 6.40. The Morgan fingerprint density at radius 1 is 0.963 bits per heavy atom. The summed E-state index contributed by atoms with van der Waals surface area (Å²) in [7, 11) is 0. The zero-order valence-corrected chi connectivity index (χ0v) is 15.1. The summed E-state index contributed by atoms with van der Waals surface area (Å²) in [6, 6.07) is 18.5. The Bertz CT molecular complexity index is 985. The molecule has 0 aromatic heterocycles. The lowest BCUT2D eigenvalue weighted by Gasteiger charge is -2.24. The molecule has 0 bridgehead atoms. The van der Waals surface area contributed by atoms with Gasteiger partial charge in [-0.15, -0.1) is 11.8 Å². The first-order chi connectivity index (χ1) is 12.9. The van der Waals surface area contributed by atoms with E-state index in [0.29, 0.717) is 17.7 Å². The van der Waals surface area contributed by atoms with Crippen molar-refractivity contribution in [3.05, 3.63) is 83.4 Å². The van der Waals surface area contributed by atoms with E-state index in [1.54, 1.807) is 22.7 Å². The van der Waals surface area contributed by atoms with Crippen molar-refractivity contribution in [2.75, 3.05) is 12.3 Å². The highest BCUT2D eigenvalue weighted by molar-refractivity contribution is 7.99. The number of alkyl halides is 3. The Hall–Kier alpha value is -2.47. The van der Waals surface area contributed by atoms with Crippen LogP contribution in [-0.2, 0) is 6.18 Å². The zero-order chi connectivity index (χ0) is 19.0. The van der Waals surface area contributed by atoms with Crippen LogP contribution in [0.1, 0.15) is 26.9 Å². The van der Waals surface area contributed by atoms with Crippen molar-refractivity contribution in [2.24, 2.45) is 0 Å². The van der Waals surface area contributed by atoms with Crippen molar-refractivity contribution in [3.63, 3.8) is 0 Å². The molecule has 0 saturated carbocycles. The minimum Gasteiger partial charge on any atom is -0.322 e. The third-order valence-corrected chi connectivity index (χ3v) is 5.93. The number of thioether (sulfide) groups is 1. The predicted molar refractivity (Wildman–Crippen MR) is 102 cm³/mol. The standard InChI is InChI=1S/C21H16F3NOS/c22-21(23,24)18-9-7-15(8-10-18)20-25(11-12-27-20)19(26)17-6-5-14-3-1-2-4-16(14)13-17/h1-10,13,20H,11-12H2/t20-/m0/s1. The predicted octanol–water partition coefficient (Wildman–Crippen LogP) is 5.75. The molecule has 0 aliphatic carbocycles. The number of rotatable bonds is 2. The molecule has 0 spiro atoms. The molecule has 27 heavy (non-hydrogen) atoms. The van der Waals surface area contributed by atoms with Gasteiger partial charge in [-0.1, -0.05) is 42.5 Å². The molecule has 1 saturated heterocycles. The first-order valence-electron chi connectivity index (χ1n) is 8.52. The second kappa shape index (κ2) is 6.93. The lowest BCUT2D eigenvalue weighted by atomic mass is 10.1. The van der Waals surface area contributed by atoms with E-state index < -0.39 is 11.7 Å². The molecule has 0 N–H and O–H groups in total. The van der Waals surface area contributed by atoms with Crippen molar-refractivity contribution < 1.29 is 18.0 Å². The largest absolute Gasteiger partial charge is 0.416 e. The van der Waals surface area contributed by atoms with E-state index >= 15 is 0 Å². The van der Waals surface area contributed by atoms with Gasteiger partial charge in [-0.3, -0.25) is 4.79 Å². The minimum atomic E-state index is -4.36. The molecule has 1 aliphatic heterocycles. The molecule has 3 aromatic carbocycles. The second-order valence-corrected chi connectivity index (χ2v) is 7.59. The van der Waals surface area contributed by atoms with Gasteiger partial charge < -0.3 is 4.90 Å². The van der Waals surface area contributed by atoms with Gasteiger partial charge in [-0.25, -0.2) is 0 Å². The van der Waals surface area contributed by atoms with Gasteiger partial charge >= 0.3 is 6.18 Å². The maximum atomic E-state index is 13.0. The number of hydrogen-bond acceptors (Lipinski definition) is 2. The molecule has 2 nitrogen and oxygen atoms in total. The summed E-state index contributed by atoms with van der Waals surface area (Å²) in [5.74, 6) is 0.654. The van der Waals surface area contributed by atoms with Crippen LogP contribution in [0.3, 0.4) is 0 Å². The summed E-state index contributed by atoms with van der Waals surface area (Å²) in [4.78, 5) is 14.8. The molecule has 3 aromatic rings. The van der Waals surface area contributed by atoms with Crippen LogP contribution in [0.4, 0.5) is 13.2 Å². The average Bonchev–Trinajstić information content (AvgIpc) is 3.16. The zero-order valence-electron chi connectivity index (χ0n) is 14.2. The Morgan fingerprint density at radius 2 is 1.67 bits per heavy atom. The number of carbonyl (C=O) groups is 1. The lowest BCUT2D eigenvalue weighted by molar-refractivity contribution is -0.137. The highest BCUT2D eigenvalue weighted by atomic mass is 32.2. The fourth-order valence-electron chi connectivity index (χ4n) is 3.28. The highest BCUT2D eigenvalue weighted by Crippen LogP contribution is 2.40. The van der Waals surface area contributed by atoms with Crippen LogP contribution < -0.4 is 0 Å². The van der Waals surface area contributed by atoms with Gasteiger partial charge in [0.25, 0.3) is 5.91 Å². The smallest absolute Gasteiger partial charge is 0.322 e. The lowest BCUT2D eigenvalue weighted by Crippen LogP contribution is -2.30. The van der Waals surface area contributed by atoms with E-state index in [4.69, 9.17) is 0 Å². The van der Waals surface area contributed by atoms with Crippen LogP contribution in [0.25, 0.3) is 10.8 Å². The third kappa shape index (κ3) is 3.54. The maximum Gasteiger partial charge on any atom is 0.416 e. The van der Waals surface area contributed by atoms with Crippen LogP contribution in [0.15, 0.2) is 66.7 Å². The Labute approximate surface area is 159 Å². The molecule has 1 aliphatic rings. The van der Waals surface area contributed by atoms with Crippen molar-refractivity contribution in [3.8, 4) is 0 Å². The van der Waals surface area contributed by atoms with Gasteiger partial charge in [0.05, 0.1) is 5.56 Å². The number of amides is 1. The molecule has 0 unspecified atom stereocenters. The van der Waals surface area contributed by atoms with Gasteiger partial charge in [-0.2, -0.15) is 13.2 Å². The molecule has 1 heterocycles. The quantitative estimate of drug-likeness (QED) is 0.558. The summed E-state index contributed by atoms with van der Waals surface area (Å²) in [6.07, 6.45) is -4.36. The number of hydrogen-bond donors (Lipinski definition) is 0. The van der Waals surface area contributed by atoms with E-state index in [1.165, 1.54) is 12.1 Å². The fraction of sp³-hybridized carbons (Fsp3) is 0.190. The Balaban J connectivity index is 1.61. The van der Waals surface area contributed by atoms with Crippen molar-refractivity contribution in [1.82, 2.24) is 4.90 Å². The molecule has 0 radical (unpaired) electrons. The number of nitrogens with zero attached hydrogens (tertiary/aromatic N) is 1. The van der Waals surface area contributed by atoms with Gasteiger partial charge in [0.1, 0.15) is 5.37 Å².